The molecule has 30 heavy (non-hydrogen) atoms. The van der Waals surface area contributed by atoms with Gasteiger partial charge < -0.3 is 20.1 Å². The number of aromatic nitrogens is 2. The molecule has 0 unspecified atom stereocenters. The molecule has 0 radical (unpaired) electrons. The van der Waals surface area contributed by atoms with E-state index in [2.05, 4.69) is 22.2 Å². The van der Waals surface area contributed by atoms with Gasteiger partial charge in [0.05, 0.1) is 17.4 Å². The van der Waals surface area contributed by atoms with Gasteiger partial charge >= 0.3 is 11.7 Å². The van der Waals surface area contributed by atoms with Gasteiger partial charge in [0.2, 0.25) is 11.6 Å². The van der Waals surface area contributed by atoms with Gasteiger partial charge in [-0.2, -0.15) is 0 Å². The molecule has 1 aliphatic heterocycles. The Labute approximate surface area is 174 Å². The number of hydrogen-bond donors (Lipinski definition) is 2. The second-order valence-corrected chi connectivity index (χ2v) is 7.10. The number of piperidine rings is 1. The van der Waals surface area contributed by atoms with Gasteiger partial charge in [0.15, 0.2) is 0 Å². The van der Waals surface area contributed by atoms with Crippen LogP contribution in [0.5, 0.6) is 5.75 Å². The van der Waals surface area contributed by atoms with E-state index in [4.69, 9.17) is 9.84 Å². The van der Waals surface area contributed by atoms with Crippen molar-refractivity contribution in [3.05, 3.63) is 40.7 Å². The second kappa shape index (κ2) is 9.86. The van der Waals surface area contributed by atoms with Crippen molar-refractivity contribution in [1.29, 1.82) is 0 Å². The summed E-state index contributed by atoms with van der Waals surface area (Å²) in [5.41, 5.74) is 0.407. The zero-order chi connectivity index (χ0) is 21.5. The van der Waals surface area contributed by atoms with E-state index in [0.717, 1.165) is 18.6 Å². The Bertz CT molecular complexity index is 882. The average molecular weight is 415 g/mol. The Morgan fingerprint density at radius 2 is 2.00 bits per heavy atom. The summed E-state index contributed by atoms with van der Waals surface area (Å²) in [4.78, 5) is 32.4. The first-order valence-corrected chi connectivity index (χ1v) is 9.96. The quantitative estimate of drug-likeness (QED) is 0.358. The number of rotatable bonds is 9. The first kappa shape index (κ1) is 21.3. The second-order valence-electron chi connectivity index (χ2n) is 7.10. The van der Waals surface area contributed by atoms with Gasteiger partial charge in [-0.15, -0.1) is 0 Å². The third-order valence-corrected chi connectivity index (χ3v) is 5.01. The van der Waals surface area contributed by atoms with Crippen LogP contribution in [0.3, 0.4) is 0 Å². The highest BCUT2D eigenvalue weighted by Gasteiger charge is 2.31. The van der Waals surface area contributed by atoms with Gasteiger partial charge in [0, 0.05) is 18.8 Å². The van der Waals surface area contributed by atoms with Crippen LogP contribution in [-0.2, 0) is 4.79 Å². The molecule has 1 fully saturated rings. The van der Waals surface area contributed by atoms with Crippen LogP contribution in [0.4, 0.5) is 23.0 Å². The number of carboxylic acid groups (broad SMARTS) is 1. The van der Waals surface area contributed by atoms with Gasteiger partial charge in [-0.25, -0.2) is 9.97 Å². The van der Waals surface area contributed by atoms with E-state index >= 15 is 0 Å². The summed E-state index contributed by atoms with van der Waals surface area (Å²) < 4.78 is 5.63. The largest absolute Gasteiger partial charge is 0.494 e. The van der Waals surface area contributed by atoms with E-state index in [1.54, 1.807) is 29.2 Å². The minimum absolute atomic E-state index is 0.0880. The van der Waals surface area contributed by atoms with Crippen molar-refractivity contribution in [1.82, 2.24) is 9.97 Å². The van der Waals surface area contributed by atoms with Crippen LogP contribution in [0.2, 0.25) is 0 Å². The fraction of sp³-hybridized carbons (Fsp3) is 0.450. The minimum Gasteiger partial charge on any atom is -0.494 e. The molecule has 2 heterocycles. The average Bonchev–Trinajstić information content (AvgIpc) is 2.75. The van der Waals surface area contributed by atoms with E-state index in [9.17, 15) is 14.9 Å². The van der Waals surface area contributed by atoms with Crippen molar-refractivity contribution in [2.45, 2.75) is 32.6 Å². The molecule has 2 N–H and O–H groups in total. The fourth-order valence-corrected chi connectivity index (χ4v) is 3.30. The molecular weight excluding hydrogens is 390 g/mol. The topological polar surface area (TPSA) is 131 Å². The maximum Gasteiger partial charge on any atom is 0.353 e. The molecule has 0 amide bonds. The molecule has 1 saturated heterocycles. The number of nitro groups is 1. The summed E-state index contributed by atoms with van der Waals surface area (Å²) in [6.07, 6.45) is 4.13. The number of benzene rings is 1. The maximum absolute atomic E-state index is 11.8. The summed E-state index contributed by atoms with van der Waals surface area (Å²) in [6, 6.07) is 7.13. The number of nitrogens with zero attached hydrogens (tertiary/aromatic N) is 4. The van der Waals surface area contributed by atoms with Crippen molar-refractivity contribution >= 4 is 29.0 Å². The molecule has 0 bridgehead atoms. The minimum atomic E-state index is -0.837. The Morgan fingerprint density at radius 1 is 1.30 bits per heavy atom. The zero-order valence-corrected chi connectivity index (χ0v) is 16.8. The summed E-state index contributed by atoms with van der Waals surface area (Å²) >= 11 is 0. The number of carbonyl (C=O) groups is 1. The highest BCUT2D eigenvalue weighted by molar-refractivity contribution is 5.75. The number of ether oxygens (including phenoxy) is 1. The standard InChI is InChI=1S/C20H25N5O5/c1-2-3-12-30-16-6-4-15(5-7-16)23-18-17(25(28)29)19(22-13-21-18)24-10-8-14(9-11-24)20(26)27/h4-7,13-14H,2-3,8-12H2,1H3,(H,26,27)(H,21,22,23). The normalized spacial score (nSPS) is 14.4. The molecule has 3 rings (SSSR count). The molecule has 10 heteroatoms. The van der Waals surface area contributed by atoms with Crippen molar-refractivity contribution < 1.29 is 19.6 Å². The van der Waals surface area contributed by atoms with E-state index in [0.29, 0.717) is 38.2 Å². The van der Waals surface area contributed by atoms with Gasteiger partial charge in [-0.3, -0.25) is 14.9 Å². The van der Waals surface area contributed by atoms with Gasteiger partial charge in [0.1, 0.15) is 12.1 Å². The van der Waals surface area contributed by atoms with Crippen molar-refractivity contribution in [2.24, 2.45) is 5.92 Å². The van der Waals surface area contributed by atoms with Crippen LogP contribution in [-0.4, -0.2) is 45.7 Å². The van der Waals surface area contributed by atoms with Crippen LogP contribution in [0, 0.1) is 16.0 Å². The highest BCUT2D eigenvalue weighted by atomic mass is 16.6. The van der Waals surface area contributed by atoms with Crippen LogP contribution in [0.1, 0.15) is 32.6 Å². The van der Waals surface area contributed by atoms with E-state index < -0.39 is 16.8 Å². The SMILES string of the molecule is CCCCOc1ccc(Nc2ncnc(N3CCC(C(=O)O)CC3)c2[N+](=O)[O-])cc1. The van der Waals surface area contributed by atoms with Crippen LogP contribution >= 0.6 is 0 Å². The number of anilines is 3. The van der Waals surface area contributed by atoms with Gasteiger partial charge in [0.25, 0.3) is 0 Å². The van der Waals surface area contributed by atoms with E-state index in [1.165, 1.54) is 6.33 Å². The van der Waals surface area contributed by atoms with Gasteiger partial charge in [-0.1, -0.05) is 13.3 Å². The molecule has 0 spiro atoms. The van der Waals surface area contributed by atoms with Crippen molar-refractivity contribution in [3.63, 3.8) is 0 Å². The third kappa shape index (κ3) is 5.13. The first-order valence-electron chi connectivity index (χ1n) is 9.96. The van der Waals surface area contributed by atoms with Crippen molar-refractivity contribution in [3.8, 4) is 5.75 Å². The summed E-state index contributed by atoms with van der Waals surface area (Å²) in [5, 5.41) is 23.9. The monoisotopic (exact) mass is 415 g/mol. The Balaban J connectivity index is 1.76. The number of unbranched alkanes of at least 4 members (excludes halogenated alkanes) is 1. The molecule has 0 atom stereocenters. The molecule has 0 aliphatic carbocycles. The molecule has 2 aromatic rings. The summed E-state index contributed by atoms with van der Waals surface area (Å²) in [5.74, 6) is -0.256. The number of nitrogens with one attached hydrogen (secondary N) is 1. The molecule has 1 aliphatic rings. The zero-order valence-electron chi connectivity index (χ0n) is 16.8. The number of aliphatic carboxylic acids is 1. The smallest absolute Gasteiger partial charge is 0.353 e. The van der Waals surface area contributed by atoms with Crippen LogP contribution in [0.25, 0.3) is 0 Å². The molecule has 1 aromatic heterocycles. The first-order chi connectivity index (χ1) is 14.5. The lowest BCUT2D eigenvalue weighted by Gasteiger charge is -2.30. The maximum atomic E-state index is 11.8. The van der Waals surface area contributed by atoms with Gasteiger partial charge in [-0.05, 0) is 43.5 Å². The lowest BCUT2D eigenvalue weighted by molar-refractivity contribution is -0.383. The third-order valence-electron chi connectivity index (χ3n) is 5.01. The predicted molar refractivity (Wildman–Crippen MR) is 111 cm³/mol. The molecule has 1 aromatic carbocycles. The number of carboxylic acids is 1. The molecule has 160 valence electrons. The fourth-order valence-electron chi connectivity index (χ4n) is 3.30. The van der Waals surface area contributed by atoms with E-state index in [1.807, 2.05) is 0 Å². The molecule has 0 saturated carbocycles. The molecular formula is C20H25N5O5. The Kier molecular flexibility index (Phi) is 6.99. The Hall–Kier alpha value is -3.43. The summed E-state index contributed by atoms with van der Waals surface area (Å²) in [7, 11) is 0. The molecule has 10 nitrogen and oxygen atoms in total. The number of hydrogen-bond acceptors (Lipinski definition) is 8. The predicted octanol–water partition coefficient (Wildman–Crippen LogP) is 3.61. The van der Waals surface area contributed by atoms with E-state index in [-0.39, 0.29) is 17.3 Å². The van der Waals surface area contributed by atoms with Crippen LogP contribution in [0.15, 0.2) is 30.6 Å². The highest BCUT2D eigenvalue weighted by Crippen LogP contribution is 2.35. The Morgan fingerprint density at radius 3 is 2.60 bits per heavy atom. The van der Waals surface area contributed by atoms with Crippen LogP contribution < -0.4 is 15.0 Å². The summed E-state index contributed by atoms with van der Waals surface area (Å²) in [6.45, 7) is 3.51. The lowest BCUT2D eigenvalue weighted by atomic mass is 9.97. The van der Waals surface area contributed by atoms with Crippen molar-refractivity contribution in [2.75, 3.05) is 29.9 Å². The lowest BCUT2D eigenvalue weighted by Crippen LogP contribution is -2.37.